The van der Waals surface area contributed by atoms with Gasteiger partial charge < -0.3 is 15.1 Å². The van der Waals surface area contributed by atoms with Crippen molar-refractivity contribution < 1.29 is 15.1 Å². The quantitative estimate of drug-likeness (QED) is 0.631. The molecule has 1 fully saturated rings. The van der Waals surface area contributed by atoms with Crippen molar-refractivity contribution in [3.63, 3.8) is 0 Å². The van der Waals surface area contributed by atoms with Gasteiger partial charge in [-0.1, -0.05) is 24.4 Å². The van der Waals surface area contributed by atoms with Gasteiger partial charge in [0.05, 0.1) is 0 Å². The molecule has 4 heteroatoms. The van der Waals surface area contributed by atoms with Crippen molar-refractivity contribution in [2.75, 3.05) is 6.61 Å². The van der Waals surface area contributed by atoms with Crippen LogP contribution in [0.5, 0.6) is 11.5 Å². The van der Waals surface area contributed by atoms with Crippen LogP contribution in [0.15, 0.2) is 53.7 Å². The Kier molecular flexibility index (Phi) is 5.36. The molecule has 1 aliphatic rings. The highest BCUT2D eigenvalue weighted by Crippen LogP contribution is 2.24. The molecule has 2 N–H and O–H groups in total. The summed E-state index contributed by atoms with van der Waals surface area (Å²) in [5.74, 6) is 1.02. The molecule has 2 aromatic rings. The maximum Gasteiger partial charge on any atom is 0.120 e. The molecule has 0 spiro atoms. The van der Waals surface area contributed by atoms with Gasteiger partial charge in [-0.2, -0.15) is 0 Å². The van der Waals surface area contributed by atoms with Crippen molar-refractivity contribution in [2.45, 2.75) is 32.1 Å². The van der Waals surface area contributed by atoms with Crippen LogP contribution in [0.1, 0.15) is 43.2 Å². The number of phenolic OH excluding ortho intramolecular Hbond substituents is 2. The highest BCUT2D eigenvalue weighted by atomic mass is 16.6. The first-order chi connectivity index (χ1) is 11.7. The molecule has 0 aliphatic heterocycles. The zero-order chi connectivity index (χ0) is 16.8. The minimum absolute atomic E-state index is 0.215. The molecular weight excluding hydrogens is 302 g/mol. The van der Waals surface area contributed by atoms with E-state index in [1.165, 1.54) is 32.1 Å². The second-order valence-corrected chi connectivity index (χ2v) is 6.33. The van der Waals surface area contributed by atoms with E-state index in [1.54, 1.807) is 24.3 Å². The van der Waals surface area contributed by atoms with Crippen molar-refractivity contribution in [3.05, 3.63) is 59.7 Å². The molecule has 2 aromatic carbocycles. The van der Waals surface area contributed by atoms with Gasteiger partial charge in [0.1, 0.15) is 23.8 Å². The molecule has 0 amide bonds. The fourth-order valence-corrected chi connectivity index (χ4v) is 3.07. The number of hydrogen-bond donors (Lipinski definition) is 2. The molecule has 3 rings (SSSR count). The van der Waals surface area contributed by atoms with Crippen LogP contribution in [-0.2, 0) is 4.84 Å². The molecule has 0 aromatic heterocycles. The van der Waals surface area contributed by atoms with Crippen LogP contribution < -0.4 is 0 Å². The number of aromatic hydroxyl groups is 2. The van der Waals surface area contributed by atoms with Crippen LogP contribution in [-0.4, -0.2) is 22.5 Å². The standard InChI is InChI=1S/C20H23NO3/c22-18-10-6-16(7-11-18)20(17-8-12-19(23)13-9-17)21-24-14-15-4-2-1-3-5-15/h6-13,15,22-23H,1-5,14H2. The zero-order valence-electron chi connectivity index (χ0n) is 13.7. The average molecular weight is 325 g/mol. The van der Waals surface area contributed by atoms with E-state index < -0.39 is 0 Å². The Morgan fingerprint density at radius 3 is 1.83 bits per heavy atom. The lowest BCUT2D eigenvalue weighted by Gasteiger charge is -2.20. The monoisotopic (exact) mass is 325 g/mol. The Bertz CT molecular complexity index is 624. The molecule has 0 unspecified atom stereocenters. The minimum atomic E-state index is 0.215. The van der Waals surface area contributed by atoms with Crippen LogP contribution in [0, 0.1) is 5.92 Å². The Labute approximate surface area is 142 Å². The molecule has 0 heterocycles. The van der Waals surface area contributed by atoms with E-state index in [1.807, 2.05) is 24.3 Å². The summed E-state index contributed by atoms with van der Waals surface area (Å²) in [5.41, 5.74) is 2.43. The topological polar surface area (TPSA) is 62.1 Å². The first-order valence-corrected chi connectivity index (χ1v) is 8.51. The van der Waals surface area contributed by atoms with Crippen LogP contribution in [0.4, 0.5) is 0 Å². The summed E-state index contributed by atoms with van der Waals surface area (Å²) in [5, 5.41) is 23.3. The Hall–Kier alpha value is -2.49. The predicted molar refractivity (Wildman–Crippen MR) is 94.4 cm³/mol. The van der Waals surface area contributed by atoms with E-state index in [2.05, 4.69) is 5.16 Å². The summed E-state index contributed by atoms with van der Waals surface area (Å²) in [7, 11) is 0. The summed E-state index contributed by atoms with van der Waals surface area (Å²) >= 11 is 0. The Morgan fingerprint density at radius 2 is 1.33 bits per heavy atom. The summed E-state index contributed by atoms with van der Waals surface area (Å²) in [6.07, 6.45) is 6.31. The summed E-state index contributed by atoms with van der Waals surface area (Å²) < 4.78 is 0. The van der Waals surface area contributed by atoms with Crippen molar-refractivity contribution in [3.8, 4) is 11.5 Å². The van der Waals surface area contributed by atoms with Gasteiger partial charge in [-0.25, -0.2) is 0 Å². The van der Waals surface area contributed by atoms with E-state index >= 15 is 0 Å². The molecule has 0 saturated heterocycles. The van der Waals surface area contributed by atoms with E-state index in [0.717, 1.165) is 11.1 Å². The highest BCUT2D eigenvalue weighted by molar-refractivity contribution is 6.12. The summed E-state index contributed by atoms with van der Waals surface area (Å²) in [6.45, 7) is 0.639. The third-order valence-corrected chi connectivity index (χ3v) is 4.47. The fraction of sp³-hybridized carbons (Fsp3) is 0.350. The molecule has 0 bridgehead atoms. The van der Waals surface area contributed by atoms with Gasteiger partial charge in [0.15, 0.2) is 0 Å². The highest BCUT2D eigenvalue weighted by Gasteiger charge is 2.14. The lowest BCUT2D eigenvalue weighted by Crippen LogP contribution is -2.13. The molecule has 126 valence electrons. The van der Waals surface area contributed by atoms with E-state index in [-0.39, 0.29) is 11.5 Å². The SMILES string of the molecule is Oc1ccc(C(=NOCC2CCCCC2)c2ccc(O)cc2)cc1. The van der Waals surface area contributed by atoms with E-state index in [9.17, 15) is 10.2 Å². The third kappa shape index (κ3) is 4.28. The van der Waals surface area contributed by atoms with Crippen molar-refractivity contribution in [1.29, 1.82) is 0 Å². The first kappa shape index (κ1) is 16.4. The number of hydrogen-bond acceptors (Lipinski definition) is 4. The van der Waals surface area contributed by atoms with E-state index in [4.69, 9.17) is 4.84 Å². The zero-order valence-corrected chi connectivity index (χ0v) is 13.7. The largest absolute Gasteiger partial charge is 0.508 e. The molecular formula is C20H23NO3. The van der Waals surface area contributed by atoms with Crippen molar-refractivity contribution in [2.24, 2.45) is 11.1 Å². The fourth-order valence-electron chi connectivity index (χ4n) is 3.07. The van der Waals surface area contributed by atoms with Crippen LogP contribution in [0.3, 0.4) is 0 Å². The number of rotatable bonds is 5. The van der Waals surface area contributed by atoms with Gasteiger partial charge >= 0.3 is 0 Å². The van der Waals surface area contributed by atoms with Crippen LogP contribution >= 0.6 is 0 Å². The second-order valence-electron chi connectivity index (χ2n) is 6.33. The predicted octanol–water partition coefficient (Wildman–Crippen LogP) is 4.45. The maximum absolute atomic E-state index is 9.49. The number of oxime groups is 1. The van der Waals surface area contributed by atoms with E-state index in [0.29, 0.717) is 18.2 Å². The normalized spacial score (nSPS) is 15.0. The molecule has 4 nitrogen and oxygen atoms in total. The van der Waals surface area contributed by atoms with Crippen molar-refractivity contribution in [1.82, 2.24) is 0 Å². The average Bonchev–Trinajstić information content (AvgIpc) is 2.62. The third-order valence-electron chi connectivity index (χ3n) is 4.47. The molecule has 1 aliphatic carbocycles. The van der Waals surface area contributed by atoms with Crippen LogP contribution in [0.2, 0.25) is 0 Å². The first-order valence-electron chi connectivity index (χ1n) is 8.51. The van der Waals surface area contributed by atoms with Gasteiger partial charge in [0.2, 0.25) is 0 Å². The van der Waals surface area contributed by atoms with Crippen LogP contribution in [0.25, 0.3) is 0 Å². The number of nitrogens with zero attached hydrogens (tertiary/aromatic N) is 1. The van der Waals surface area contributed by atoms with Gasteiger partial charge in [-0.05, 0) is 67.3 Å². The minimum Gasteiger partial charge on any atom is -0.508 e. The van der Waals surface area contributed by atoms with Gasteiger partial charge in [-0.15, -0.1) is 0 Å². The lowest BCUT2D eigenvalue weighted by atomic mass is 9.90. The number of phenols is 2. The smallest absolute Gasteiger partial charge is 0.120 e. The maximum atomic E-state index is 9.49. The Morgan fingerprint density at radius 1 is 0.833 bits per heavy atom. The van der Waals surface area contributed by atoms with Gasteiger partial charge in [0.25, 0.3) is 0 Å². The summed E-state index contributed by atoms with van der Waals surface area (Å²) in [4.78, 5) is 5.67. The van der Waals surface area contributed by atoms with Gasteiger partial charge in [-0.3, -0.25) is 0 Å². The molecule has 24 heavy (non-hydrogen) atoms. The Balaban J connectivity index is 1.79. The molecule has 0 atom stereocenters. The van der Waals surface area contributed by atoms with Gasteiger partial charge in [0, 0.05) is 11.1 Å². The number of benzene rings is 2. The lowest BCUT2D eigenvalue weighted by molar-refractivity contribution is 0.0919. The second kappa shape index (κ2) is 7.86. The molecule has 1 saturated carbocycles. The van der Waals surface area contributed by atoms with Crippen molar-refractivity contribution >= 4 is 5.71 Å². The summed E-state index contributed by atoms with van der Waals surface area (Å²) in [6, 6.07) is 13.8. The molecule has 0 radical (unpaired) electrons.